The van der Waals surface area contributed by atoms with E-state index < -0.39 is 0 Å². The molecule has 0 aromatic heterocycles. The number of piperazine rings is 1. The molecule has 0 aliphatic carbocycles. The molecule has 116 valence electrons. The Bertz CT molecular complexity index is 610. The van der Waals surface area contributed by atoms with E-state index >= 15 is 0 Å². The number of hydrogen-bond donors (Lipinski definition) is 0. The van der Waals surface area contributed by atoms with Crippen LogP contribution < -0.4 is 9.64 Å². The number of nitrogens with zero attached hydrogens (tertiary/aromatic N) is 2. The quantitative estimate of drug-likeness (QED) is 0.862. The van der Waals surface area contributed by atoms with Crippen molar-refractivity contribution in [1.82, 2.24) is 4.90 Å². The third-order valence-electron chi connectivity index (χ3n) is 4.10. The summed E-state index contributed by atoms with van der Waals surface area (Å²) in [5.41, 5.74) is 2.32. The van der Waals surface area contributed by atoms with Crippen LogP contribution in [0.2, 0.25) is 0 Å². The number of methoxy groups -OCH3 is 1. The molecule has 3 nitrogen and oxygen atoms in total. The molecule has 0 atom stereocenters. The summed E-state index contributed by atoms with van der Waals surface area (Å²) in [6.45, 7) is 4.82. The summed E-state index contributed by atoms with van der Waals surface area (Å²) >= 11 is 0. The Kier molecular flexibility index (Phi) is 4.59. The van der Waals surface area contributed by atoms with Gasteiger partial charge in [0.05, 0.1) is 12.8 Å². The highest BCUT2D eigenvalue weighted by Crippen LogP contribution is 2.29. The van der Waals surface area contributed by atoms with Crippen LogP contribution in [0.4, 0.5) is 10.1 Å². The topological polar surface area (TPSA) is 15.7 Å². The zero-order valence-electron chi connectivity index (χ0n) is 12.8. The molecule has 4 heteroatoms. The van der Waals surface area contributed by atoms with E-state index in [-0.39, 0.29) is 5.82 Å². The predicted molar refractivity (Wildman–Crippen MR) is 86.9 cm³/mol. The van der Waals surface area contributed by atoms with E-state index in [1.54, 1.807) is 13.2 Å². The van der Waals surface area contributed by atoms with Crippen molar-refractivity contribution in [2.75, 3.05) is 38.2 Å². The summed E-state index contributed by atoms with van der Waals surface area (Å²) in [4.78, 5) is 4.71. The lowest BCUT2D eigenvalue weighted by atomic mass is 10.2. The van der Waals surface area contributed by atoms with Gasteiger partial charge in [-0.15, -0.1) is 0 Å². The average molecular weight is 300 g/mol. The highest BCUT2D eigenvalue weighted by atomic mass is 19.1. The molecule has 0 bridgehead atoms. The van der Waals surface area contributed by atoms with Crippen LogP contribution in [0.15, 0.2) is 48.5 Å². The summed E-state index contributed by atoms with van der Waals surface area (Å²) in [5, 5.41) is 0. The SMILES string of the molecule is COc1cc(F)ccc1N1CCN(Cc2ccccc2)CC1. The zero-order valence-corrected chi connectivity index (χ0v) is 12.8. The standard InChI is InChI=1S/C18H21FN2O/c1-22-18-13-16(19)7-8-17(18)21-11-9-20(10-12-21)14-15-5-3-2-4-6-15/h2-8,13H,9-12,14H2,1H3. The Labute approximate surface area is 130 Å². The minimum absolute atomic E-state index is 0.261. The van der Waals surface area contributed by atoms with Gasteiger partial charge >= 0.3 is 0 Å². The van der Waals surface area contributed by atoms with Gasteiger partial charge in [-0.05, 0) is 17.7 Å². The Hall–Kier alpha value is -2.07. The highest BCUT2D eigenvalue weighted by molar-refractivity contribution is 5.59. The van der Waals surface area contributed by atoms with Crippen molar-refractivity contribution in [2.24, 2.45) is 0 Å². The van der Waals surface area contributed by atoms with Gasteiger partial charge < -0.3 is 9.64 Å². The van der Waals surface area contributed by atoms with Crippen LogP contribution in [0, 0.1) is 5.82 Å². The number of rotatable bonds is 4. The predicted octanol–water partition coefficient (Wildman–Crippen LogP) is 3.16. The van der Waals surface area contributed by atoms with E-state index in [1.165, 1.54) is 17.7 Å². The van der Waals surface area contributed by atoms with Gasteiger partial charge in [0.1, 0.15) is 11.6 Å². The summed E-state index contributed by atoms with van der Waals surface area (Å²) < 4.78 is 18.6. The third kappa shape index (κ3) is 3.39. The number of hydrogen-bond acceptors (Lipinski definition) is 3. The van der Waals surface area contributed by atoms with E-state index in [4.69, 9.17) is 4.74 Å². The second kappa shape index (κ2) is 6.79. The van der Waals surface area contributed by atoms with Gasteiger partial charge in [0.25, 0.3) is 0 Å². The largest absolute Gasteiger partial charge is 0.494 e. The van der Waals surface area contributed by atoms with E-state index in [9.17, 15) is 4.39 Å². The molecular formula is C18H21FN2O. The molecule has 1 heterocycles. The molecule has 1 saturated heterocycles. The molecule has 0 saturated carbocycles. The van der Waals surface area contributed by atoms with Crippen LogP contribution in [0.25, 0.3) is 0 Å². The van der Waals surface area contributed by atoms with Crippen molar-refractivity contribution in [2.45, 2.75) is 6.54 Å². The molecular weight excluding hydrogens is 279 g/mol. The maximum atomic E-state index is 13.3. The first kappa shape index (κ1) is 14.9. The molecule has 1 fully saturated rings. The second-order valence-corrected chi connectivity index (χ2v) is 5.56. The van der Waals surface area contributed by atoms with Gasteiger partial charge in [0, 0.05) is 38.8 Å². The van der Waals surface area contributed by atoms with E-state index in [0.29, 0.717) is 5.75 Å². The Morgan fingerprint density at radius 1 is 1.00 bits per heavy atom. The summed E-state index contributed by atoms with van der Waals surface area (Å²) in [5.74, 6) is 0.347. The van der Waals surface area contributed by atoms with Gasteiger partial charge in [-0.25, -0.2) is 4.39 Å². The van der Waals surface area contributed by atoms with Crippen LogP contribution in [0.1, 0.15) is 5.56 Å². The average Bonchev–Trinajstić information content (AvgIpc) is 2.56. The van der Waals surface area contributed by atoms with Crippen molar-refractivity contribution in [3.05, 3.63) is 59.9 Å². The number of ether oxygens (including phenoxy) is 1. The van der Waals surface area contributed by atoms with Crippen molar-refractivity contribution in [3.63, 3.8) is 0 Å². The summed E-state index contributed by atoms with van der Waals surface area (Å²) in [6.07, 6.45) is 0. The normalized spacial score (nSPS) is 15.8. The molecule has 2 aromatic carbocycles. The third-order valence-corrected chi connectivity index (χ3v) is 4.10. The van der Waals surface area contributed by atoms with Crippen LogP contribution in [0.3, 0.4) is 0 Å². The zero-order chi connectivity index (χ0) is 15.4. The monoisotopic (exact) mass is 300 g/mol. The van der Waals surface area contributed by atoms with E-state index in [1.807, 2.05) is 6.07 Å². The first-order valence-electron chi connectivity index (χ1n) is 7.61. The van der Waals surface area contributed by atoms with Crippen LogP contribution >= 0.6 is 0 Å². The Morgan fingerprint density at radius 2 is 1.73 bits per heavy atom. The number of anilines is 1. The van der Waals surface area contributed by atoms with Gasteiger partial charge in [0.15, 0.2) is 0 Å². The molecule has 1 aliphatic rings. The molecule has 0 radical (unpaired) electrons. The van der Waals surface area contributed by atoms with Crippen molar-refractivity contribution >= 4 is 5.69 Å². The lowest BCUT2D eigenvalue weighted by molar-refractivity contribution is 0.249. The van der Waals surface area contributed by atoms with Crippen molar-refractivity contribution < 1.29 is 9.13 Å². The molecule has 3 rings (SSSR count). The number of benzene rings is 2. The second-order valence-electron chi connectivity index (χ2n) is 5.56. The molecule has 22 heavy (non-hydrogen) atoms. The maximum Gasteiger partial charge on any atom is 0.145 e. The van der Waals surface area contributed by atoms with Crippen LogP contribution in [-0.4, -0.2) is 38.2 Å². The van der Waals surface area contributed by atoms with Gasteiger partial charge in [-0.1, -0.05) is 30.3 Å². The van der Waals surface area contributed by atoms with Crippen LogP contribution in [-0.2, 0) is 6.54 Å². The Balaban J connectivity index is 1.62. The van der Waals surface area contributed by atoms with Gasteiger partial charge in [0.2, 0.25) is 0 Å². The lowest BCUT2D eigenvalue weighted by Gasteiger charge is -2.36. The van der Waals surface area contributed by atoms with Crippen molar-refractivity contribution in [1.29, 1.82) is 0 Å². The fraction of sp³-hybridized carbons (Fsp3) is 0.333. The van der Waals surface area contributed by atoms with Gasteiger partial charge in [-0.2, -0.15) is 0 Å². The Morgan fingerprint density at radius 3 is 2.41 bits per heavy atom. The van der Waals surface area contributed by atoms with Gasteiger partial charge in [-0.3, -0.25) is 4.90 Å². The number of halogens is 1. The minimum Gasteiger partial charge on any atom is -0.494 e. The van der Waals surface area contributed by atoms with E-state index in [0.717, 1.165) is 38.4 Å². The van der Waals surface area contributed by atoms with E-state index in [2.05, 4.69) is 34.1 Å². The summed E-state index contributed by atoms with van der Waals surface area (Å²) in [7, 11) is 1.59. The first-order valence-corrected chi connectivity index (χ1v) is 7.61. The summed E-state index contributed by atoms with van der Waals surface area (Å²) in [6, 6.07) is 15.3. The fourth-order valence-corrected chi connectivity index (χ4v) is 2.90. The first-order chi connectivity index (χ1) is 10.8. The van der Waals surface area contributed by atoms with Crippen LogP contribution in [0.5, 0.6) is 5.75 Å². The molecule has 0 amide bonds. The molecule has 0 spiro atoms. The fourth-order valence-electron chi connectivity index (χ4n) is 2.90. The molecule has 2 aromatic rings. The van der Waals surface area contributed by atoms with Crippen molar-refractivity contribution in [3.8, 4) is 5.75 Å². The smallest absolute Gasteiger partial charge is 0.145 e. The minimum atomic E-state index is -0.261. The maximum absolute atomic E-state index is 13.3. The molecule has 0 N–H and O–H groups in total. The lowest BCUT2D eigenvalue weighted by Crippen LogP contribution is -2.46. The molecule has 0 unspecified atom stereocenters. The molecule has 1 aliphatic heterocycles. The highest BCUT2D eigenvalue weighted by Gasteiger charge is 2.20.